The van der Waals surface area contributed by atoms with Gasteiger partial charge < -0.3 is 25.8 Å². The van der Waals surface area contributed by atoms with Gasteiger partial charge in [-0.2, -0.15) is 0 Å². The Morgan fingerprint density at radius 1 is 1.07 bits per heavy atom. The number of hydrogen-bond acceptors (Lipinski definition) is 4. The van der Waals surface area contributed by atoms with E-state index in [1.54, 1.807) is 12.1 Å². The number of ether oxygens (including phenoxy) is 2. The highest BCUT2D eigenvalue weighted by atomic mass is 127. The summed E-state index contributed by atoms with van der Waals surface area (Å²) in [5.74, 6) is 1.91. The molecule has 0 radical (unpaired) electrons. The van der Waals surface area contributed by atoms with Crippen LogP contribution < -0.4 is 25.8 Å². The zero-order chi connectivity index (χ0) is 19.1. The summed E-state index contributed by atoms with van der Waals surface area (Å²) in [6.45, 7) is 4.34. The fourth-order valence-corrected chi connectivity index (χ4v) is 2.71. The molecule has 1 aliphatic heterocycles. The number of nitrogens with two attached hydrogens (primary N) is 1. The zero-order valence-corrected chi connectivity index (χ0v) is 18.1. The van der Waals surface area contributed by atoms with Gasteiger partial charge in [0.1, 0.15) is 0 Å². The second-order valence-electron chi connectivity index (χ2n) is 6.12. The molecule has 1 heterocycles. The summed E-state index contributed by atoms with van der Waals surface area (Å²) >= 11 is 0. The number of guanidine groups is 1. The van der Waals surface area contributed by atoms with E-state index >= 15 is 0 Å². The minimum atomic E-state index is -0.427. The van der Waals surface area contributed by atoms with Crippen molar-refractivity contribution < 1.29 is 14.3 Å². The molecular weight excluding hydrogens is 471 g/mol. The molecule has 0 saturated heterocycles. The Bertz CT molecular complexity index is 825. The van der Waals surface area contributed by atoms with Crippen molar-refractivity contribution in [2.75, 3.05) is 19.9 Å². The van der Waals surface area contributed by atoms with Crippen LogP contribution >= 0.6 is 24.0 Å². The molecule has 0 unspecified atom stereocenters. The van der Waals surface area contributed by atoms with Gasteiger partial charge in [-0.3, -0.25) is 4.79 Å². The summed E-state index contributed by atoms with van der Waals surface area (Å²) in [4.78, 5) is 15.7. The predicted molar refractivity (Wildman–Crippen MR) is 119 cm³/mol. The molecular formula is C20H25IN4O3. The van der Waals surface area contributed by atoms with E-state index in [0.717, 1.165) is 42.5 Å². The number of nitrogens with zero attached hydrogens (tertiary/aromatic N) is 1. The van der Waals surface area contributed by atoms with Crippen LogP contribution in [0.5, 0.6) is 11.5 Å². The lowest BCUT2D eigenvalue weighted by Gasteiger charge is -2.11. The molecule has 0 bridgehead atoms. The number of carbonyl (C=O) groups excluding carboxylic acids is 1. The lowest BCUT2D eigenvalue weighted by atomic mass is 10.1. The number of fused-ring (bicyclic) bond motifs is 1. The lowest BCUT2D eigenvalue weighted by molar-refractivity contribution is 0.1000. The molecule has 0 spiro atoms. The Balaban J connectivity index is 0.00000280. The highest BCUT2D eigenvalue weighted by Crippen LogP contribution is 2.32. The number of benzene rings is 2. The molecule has 0 aliphatic carbocycles. The number of halogens is 1. The largest absolute Gasteiger partial charge is 0.454 e. The topological polar surface area (TPSA) is 98.0 Å². The van der Waals surface area contributed by atoms with Gasteiger partial charge in [0, 0.05) is 18.7 Å². The van der Waals surface area contributed by atoms with Crippen LogP contribution in [-0.2, 0) is 13.0 Å². The maximum atomic E-state index is 11.1. The highest BCUT2D eigenvalue weighted by molar-refractivity contribution is 14.0. The number of amides is 1. The van der Waals surface area contributed by atoms with Crippen LogP contribution in [0.3, 0.4) is 0 Å². The smallest absolute Gasteiger partial charge is 0.248 e. The first kappa shape index (κ1) is 21.8. The van der Waals surface area contributed by atoms with Gasteiger partial charge in [-0.1, -0.05) is 18.2 Å². The van der Waals surface area contributed by atoms with E-state index in [2.05, 4.69) is 15.6 Å². The van der Waals surface area contributed by atoms with Crippen molar-refractivity contribution in [2.24, 2.45) is 10.7 Å². The predicted octanol–water partition coefficient (Wildman–Crippen LogP) is 2.43. The molecule has 0 atom stereocenters. The molecule has 0 saturated carbocycles. The van der Waals surface area contributed by atoms with Gasteiger partial charge >= 0.3 is 0 Å². The summed E-state index contributed by atoms with van der Waals surface area (Å²) in [6, 6.07) is 13.1. The summed E-state index contributed by atoms with van der Waals surface area (Å²) in [6.07, 6.45) is 0.842. The number of aliphatic imine (C=N–C) groups is 1. The molecule has 3 rings (SSSR count). The summed E-state index contributed by atoms with van der Waals surface area (Å²) < 4.78 is 10.7. The number of hydrogen-bond donors (Lipinski definition) is 3. The van der Waals surface area contributed by atoms with Gasteiger partial charge in [0.15, 0.2) is 17.5 Å². The molecule has 2 aromatic rings. The average Bonchev–Trinajstić information content (AvgIpc) is 3.14. The van der Waals surface area contributed by atoms with Gasteiger partial charge in [0.05, 0.1) is 6.54 Å². The van der Waals surface area contributed by atoms with Crippen molar-refractivity contribution in [3.63, 3.8) is 0 Å². The normalized spacial score (nSPS) is 12.2. The molecule has 8 heteroatoms. The summed E-state index contributed by atoms with van der Waals surface area (Å²) in [5, 5.41) is 6.56. The van der Waals surface area contributed by atoms with Gasteiger partial charge in [-0.25, -0.2) is 4.99 Å². The third-order valence-corrected chi connectivity index (χ3v) is 4.15. The first-order chi connectivity index (χ1) is 13.2. The van der Waals surface area contributed by atoms with Crippen LogP contribution in [-0.4, -0.2) is 31.7 Å². The fourth-order valence-electron chi connectivity index (χ4n) is 2.71. The van der Waals surface area contributed by atoms with Crippen LogP contribution in [0.1, 0.15) is 28.4 Å². The molecule has 1 amide bonds. The molecule has 2 aromatic carbocycles. The molecule has 7 nitrogen and oxygen atoms in total. The average molecular weight is 496 g/mol. The van der Waals surface area contributed by atoms with Crippen molar-refractivity contribution in [1.29, 1.82) is 0 Å². The van der Waals surface area contributed by atoms with E-state index in [1.807, 2.05) is 37.3 Å². The number of rotatable bonds is 7. The monoisotopic (exact) mass is 496 g/mol. The maximum Gasteiger partial charge on any atom is 0.248 e. The van der Waals surface area contributed by atoms with Crippen molar-refractivity contribution >= 4 is 35.8 Å². The second kappa shape index (κ2) is 10.7. The highest BCUT2D eigenvalue weighted by Gasteiger charge is 2.12. The molecule has 28 heavy (non-hydrogen) atoms. The van der Waals surface area contributed by atoms with Gasteiger partial charge in [-0.05, 0) is 48.7 Å². The SMILES string of the molecule is CCNC(=NCc1ccc(C(N)=O)cc1)NCCc1ccc2c(c1)OCO2.I. The summed E-state index contributed by atoms with van der Waals surface area (Å²) in [7, 11) is 0. The molecule has 0 aromatic heterocycles. The number of carbonyl (C=O) groups is 1. The number of nitrogens with one attached hydrogen (secondary N) is 2. The van der Waals surface area contributed by atoms with Crippen LogP contribution in [0.4, 0.5) is 0 Å². The van der Waals surface area contributed by atoms with Gasteiger partial charge in [0.25, 0.3) is 0 Å². The van der Waals surface area contributed by atoms with E-state index in [0.29, 0.717) is 12.1 Å². The van der Waals surface area contributed by atoms with Crippen LogP contribution in [0.15, 0.2) is 47.5 Å². The Hall–Kier alpha value is -2.49. The fraction of sp³-hybridized carbons (Fsp3) is 0.300. The molecule has 4 N–H and O–H groups in total. The summed E-state index contributed by atoms with van der Waals surface area (Å²) in [5.41, 5.74) is 7.93. The van der Waals surface area contributed by atoms with Gasteiger partial charge in [-0.15, -0.1) is 24.0 Å². The lowest BCUT2D eigenvalue weighted by Crippen LogP contribution is -2.38. The maximum absolute atomic E-state index is 11.1. The molecule has 150 valence electrons. The Kier molecular flexibility index (Phi) is 8.37. The zero-order valence-electron chi connectivity index (χ0n) is 15.7. The third kappa shape index (κ3) is 6.01. The quantitative estimate of drug-likeness (QED) is 0.311. The van der Waals surface area contributed by atoms with Gasteiger partial charge in [0.2, 0.25) is 12.7 Å². The Labute approximate surface area is 181 Å². The third-order valence-electron chi connectivity index (χ3n) is 4.15. The van der Waals surface area contributed by atoms with Crippen molar-refractivity contribution in [3.05, 3.63) is 59.2 Å². The minimum Gasteiger partial charge on any atom is -0.454 e. The molecule has 1 aliphatic rings. The first-order valence-corrected chi connectivity index (χ1v) is 8.95. The van der Waals surface area contributed by atoms with Crippen molar-refractivity contribution in [3.8, 4) is 11.5 Å². The van der Waals surface area contributed by atoms with Crippen LogP contribution in [0.25, 0.3) is 0 Å². The van der Waals surface area contributed by atoms with Crippen LogP contribution in [0.2, 0.25) is 0 Å². The van der Waals surface area contributed by atoms with Crippen molar-refractivity contribution in [1.82, 2.24) is 10.6 Å². The van der Waals surface area contributed by atoms with E-state index in [-0.39, 0.29) is 30.8 Å². The minimum absolute atomic E-state index is 0. The standard InChI is InChI=1S/C20H24N4O3.HI/c1-2-22-20(24-12-15-3-6-16(7-4-15)19(21)25)23-10-9-14-5-8-17-18(11-14)27-13-26-17;/h3-8,11H,2,9-10,12-13H2,1H3,(H2,21,25)(H2,22,23,24);1H. The van der Waals surface area contributed by atoms with E-state index < -0.39 is 5.91 Å². The Morgan fingerprint density at radius 2 is 1.79 bits per heavy atom. The Morgan fingerprint density at radius 3 is 2.50 bits per heavy atom. The van der Waals surface area contributed by atoms with Crippen LogP contribution in [0, 0.1) is 0 Å². The number of primary amides is 1. The van der Waals surface area contributed by atoms with E-state index in [4.69, 9.17) is 15.2 Å². The van der Waals surface area contributed by atoms with E-state index in [9.17, 15) is 4.79 Å². The molecule has 0 fully saturated rings. The second-order valence-corrected chi connectivity index (χ2v) is 6.12. The first-order valence-electron chi connectivity index (χ1n) is 8.95. The van der Waals surface area contributed by atoms with Crippen molar-refractivity contribution in [2.45, 2.75) is 19.9 Å². The van der Waals surface area contributed by atoms with E-state index in [1.165, 1.54) is 5.56 Å².